The number of esters is 1. The average molecular weight is 391 g/mol. The highest BCUT2D eigenvalue weighted by Crippen LogP contribution is 2.28. The molecule has 2 rings (SSSR count). The van der Waals surface area contributed by atoms with Crippen molar-refractivity contribution < 1.29 is 9.53 Å². The Labute approximate surface area is 133 Å². The first-order chi connectivity index (χ1) is 9.44. The first-order valence-electron chi connectivity index (χ1n) is 7.09. The number of carbonyl (C=O) groups is 1. The van der Waals surface area contributed by atoms with Gasteiger partial charge in [-0.25, -0.2) is 0 Å². The monoisotopic (exact) mass is 391 g/mol. The SMILES string of the molecule is CCOC(=O)C(C)(CC(C)n1cc(I)cn1)NC1CC1. The standard InChI is InChI=1S/C14H22IN3O2/c1-4-20-13(19)14(3,17-12-5-6-12)7-10(2)18-9-11(15)8-16-18/h8-10,12,17H,4-7H2,1-3H3. The number of rotatable bonds is 7. The molecule has 20 heavy (non-hydrogen) atoms. The topological polar surface area (TPSA) is 56.2 Å². The van der Waals surface area contributed by atoms with Gasteiger partial charge in [-0.15, -0.1) is 0 Å². The van der Waals surface area contributed by atoms with Crippen LogP contribution < -0.4 is 5.32 Å². The van der Waals surface area contributed by atoms with Crippen LogP contribution in [0.3, 0.4) is 0 Å². The lowest BCUT2D eigenvalue weighted by atomic mass is 9.93. The summed E-state index contributed by atoms with van der Waals surface area (Å²) in [6.45, 7) is 6.27. The third kappa shape index (κ3) is 3.94. The molecule has 6 heteroatoms. The van der Waals surface area contributed by atoms with Gasteiger partial charge in [0.2, 0.25) is 0 Å². The van der Waals surface area contributed by atoms with E-state index < -0.39 is 5.54 Å². The molecule has 0 amide bonds. The van der Waals surface area contributed by atoms with Crippen molar-refractivity contribution in [2.75, 3.05) is 6.61 Å². The molecule has 1 heterocycles. The Hall–Kier alpha value is -0.630. The lowest BCUT2D eigenvalue weighted by Crippen LogP contribution is -2.52. The second-order valence-corrected chi connectivity index (χ2v) is 6.91. The molecular weight excluding hydrogens is 369 g/mol. The van der Waals surface area contributed by atoms with Crippen LogP contribution in [0.1, 0.15) is 46.1 Å². The highest BCUT2D eigenvalue weighted by atomic mass is 127. The van der Waals surface area contributed by atoms with E-state index in [1.54, 1.807) is 0 Å². The summed E-state index contributed by atoms with van der Waals surface area (Å²) in [5.41, 5.74) is -0.645. The van der Waals surface area contributed by atoms with Crippen molar-refractivity contribution in [2.45, 2.75) is 57.7 Å². The van der Waals surface area contributed by atoms with Crippen LogP contribution in [0, 0.1) is 3.57 Å². The summed E-state index contributed by atoms with van der Waals surface area (Å²) in [6, 6.07) is 0.591. The molecule has 0 aromatic carbocycles. The van der Waals surface area contributed by atoms with Gasteiger partial charge < -0.3 is 4.74 Å². The molecule has 2 atom stereocenters. The molecule has 1 saturated carbocycles. The Morgan fingerprint density at radius 3 is 2.90 bits per heavy atom. The molecule has 0 spiro atoms. The van der Waals surface area contributed by atoms with Crippen LogP contribution in [0.2, 0.25) is 0 Å². The molecule has 0 bridgehead atoms. The number of hydrogen-bond donors (Lipinski definition) is 1. The largest absolute Gasteiger partial charge is 0.465 e. The maximum absolute atomic E-state index is 12.3. The normalized spacial score (nSPS) is 19.4. The average Bonchev–Trinajstić information content (AvgIpc) is 3.07. The number of carbonyl (C=O) groups excluding carboxylic acids is 1. The summed E-state index contributed by atoms with van der Waals surface area (Å²) in [5, 5.41) is 7.77. The molecule has 1 aliphatic rings. The van der Waals surface area contributed by atoms with Crippen LogP contribution in [-0.4, -0.2) is 33.9 Å². The van der Waals surface area contributed by atoms with Gasteiger partial charge >= 0.3 is 5.97 Å². The number of halogens is 1. The van der Waals surface area contributed by atoms with Gasteiger partial charge in [0.15, 0.2) is 0 Å². The third-order valence-electron chi connectivity index (χ3n) is 3.55. The van der Waals surface area contributed by atoms with Crippen LogP contribution in [0.5, 0.6) is 0 Å². The van der Waals surface area contributed by atoms with E-state index in [1.165, 1.54) is 0 Å². The molecular formula is C14H22IN3O2. The van der Waals surface area contributed by atoms with E-state index in [-0.39, 0.29) is 12.0 Å². The van der Waals surface area contributed by atoms with Crippen LogP contribution >= 0.6 is 22.6 Å². The summed E-state index contributed by atoms with van der Waals surface area (Å²) in [6.07, 6.45) is 6.77. The van der Waals surface area contributed by atoms with E-state index in [0.717, 1.165) is 16.4 Å². The minimum absolute atomic E-state index is 0.138. The fourth-order valence-corrected chi connectivity index (χ4v) is 2.82. The van der Waals surface area contributed by atoms with Crippen molar-refractivity contribution in [3.8, 4) is 0 Å². The number of hydrogen-bond acceptors (Lipinski definition) is 4. The molecule has 1 aromatic rings. The fourth-order valence-electron chi connectivity index (χ4n) is 2.41. The lowest BCUT2D eigenvalue weighted by Gasteiger charge is -2.31. The minimum atomic E-state index is -0.645. The van der Waals surface area contributed by atoms with Gasteiger partial charge in [0.05, 0.1) is 22.4 Å². The Kier molecular flexibility index (Phi) is 5.06. The number of nitrogens with zero attached hydrogens (tertiary/aromatic N) is 2. The van der Waals surface area contributed by atoms with Crippen LogP contribution in [0.25, 0.3) is 0 Å². The molecule has 1 N–H and O–H groups in total. The Bertz CT molecular complexity index is 473. The molecule has 5 nitrogen and oxygen atoms in total. The summed E-state index contributed by atoms with van der Waals surface area (Å²) >= 11 is 2.24. The van der Waals surface area contributed by atoms with E-state index >= 15 is 0 Å². The van der Waals surface area contributed by atoms with Gasteiger partial charge in [-0.1, -0.05) is 0 Å². The van der Waals surface area contributed by atoms with Crippen LogP contribution in [0.15, 0.2) is 12.4 Å². The van der Waals surface area contributed by atoms with Crippen LogP contribution in [0.4, 0.5) is 0 Å². The van der Waals surface area contributed by atoms with Gasteiger partial charge in [0.1, 0.15) is 5.54 Å². The van der Waals surface area contributed by atoms with Crippen molar-refractivity contribution in [3.05, 3.63) is 16.0 Å². The van der Waals surface area contributed by atoms with Gasteiger partial charge in [0.25, 0.3) is 0 Å². The maximum atomic E-state index is 12.3. The van der Waals surface area contributed by atoms with Crippen molar-refractivity contribution in [2.24, 2.45) is 0 Å². The number of aromatic nitrogens is 2. The minimum Gasteiger partial charge on any atom is -0.465 e. The zero-order chi connectivity index (χ0) is 14.8. The lowest BCUT2D eigenvalue weighted by molar-refractivity contribution is -0.151. The quantitative estimate of drug-likeness (QED) is 0.573. The van der Waals surface area contributed by atoms with E-state index in [9.17, 15) is 4.79 Å². The molecule has 112 valence electrons. The Morgan fingerprint density at radius 2 is 2.40 bits per heavy atom. The van der Waals surface area contributed by atoms with E-state index in [4.69, 9.17) is 4.74 Å². The van der Waals surface area contributed by atoms with Crippen molar-refractivity contribution >= 4 is 28.6 Å². The predicted molar refractivity (Wildman–Crippen MR) is 85.5 cm³/mol. The van der Waals surface area contributed by atoms with E-state index in [0.29, 0.717) is 19.1 Å². The van der Waals surface area contributed by atoms with Crippen molar-refractivity contribution in [1.82, 2.24) is 15.1 Å². The zero-order valence-corrected chi connectivity index (χ0v) is 14.4. The summed E-state index contributed by atoms with van der Waals surface area (Å²) in [7, 11) is 0. The second-order valence-electron chi connectivity index (χ2n) is 5.66. The Balaban J connectivity index is 2.07. The van der Waals surface area contributed by atoms with E-state index in [1.807, 2.05) is 30.9 Å². The first-order valence-corrected chi connectivity index (χ1v) is 8.17. The van der Waals surface area contributed by atoms with Crippen molar-refractivity contribution in [1.29, 1.82) is 0 Å². The molecule has 2 unspecified atom stereocenters. The Morgan fingerprint density at radius 1 is 1.70 bits per heavy atom. The molecule has 1 aliphatic carbocycles. The number of ether oxygens (including phenoxy) is 1. The third-order valence-corrected chi connectivity index (χ3v) is 4.11. The van der Waals surface area contributed by atoms with E-state index in [2.05, 4.69) is 39.9 Å². The molecule has 0 aliphatic heterocycles. The predicted octanol–water partition coefficient (Wildman–Crippen LogP) is 2.51. The number of nitrogens with one attached hydrogen (secondary N) is 1. The molecule has 1 aromatic heterocycles. The van der Waals surface area contributed by atoms with Crippen molar-refractivity contribution in [3.63, 3.8) is 0 Å². The van der Waals surface area contributed by atoms with Gasteiger partial charge in [-0.05, 0) is 62.6 Å². The highest BCUT2D eigenvalue weighted by molar-refractivity contribution is 14.1. The summed E-state index contributed by atoms with van der Waals surface area (Å²) in [4.78, 5) is 12.3. The van der Waals surface area contributed by atoms with Gasteiger partial charge in [0, 0.05) is 12.2 Å². The summed E-state index contributed by atoms with van der Waals surface area (Å²) < 4.78 is 8.26. The zero-order valence-electron chi connectivity index (χ0n) is 12.2. The summed E-state index contributed by atoms with van der Waals surface area (Å²) in [5.74, 6) is -0.166. The second kappa shape index (κ2) is 6.43. The first kappa shape index (κ1) is 15.8. The smallest absolute Gasteiger partial charge is 0.326 e. The molecule has 1 fully saturated rings. The highest BCUT2D eigenvalue weighted by Gasteiger charge is 2.41. The molecule has 0 radical (unpaired) electrons. The fraction of sp³-hybridized carbons (Fsp3) is 0.714. The maximum Gasteiger partial charge on any atom is 0.326 e. The van der Waals surface area contributed by atoms with Gasteiger partial charge in [-0.3, -0.25) is 14.8 Å². The van der Waals surface area contributed by atoms with Gasteiger partial charge in [-0.2, -0.15) is 5.10 Å². The molecule has 0 saturated heterocycles. The van der Waals surface area contributed by atoms with Crippen LogP contribution in [-0.2, 0) is 9.53 Å².